The molecule has 9 nitrogen and oxygen atoms in total. The fourth-order valence-electron chi connectivity index (χ4n) is 4.60. The summed E-state index contributed by atoms with van der Waals surface area (Å²) in [7, 11) is -6.91. The van der Waals surface area contributed by atoms with Crippen LogP contribution >= 0.6 is 15.9 Å². The fraction of sp³-hybridized carbons (Fsp3) is 0.480. The van der Waals surface area contributed by atoms with Gasteiger partial charge in [0.2, 0.25) is 26.0 Å². The van der Waals surface area contributed by atoms with Gasteiger partial charge in [0.25, 0.3) is 0 Å². The monoisotopic (exact) mass is 613 g/mol. The molecule has 2 aromatic rings. The Hall–Kier alpha value is -1.99. The largest absolute Gasteiger partial charge is 0.492 e. The highest BCUT2D eigenvalue weighted by Crippen LogP contribution is 2.24. The number of amides is 1. The predicted molar refractivity (Wildman–Crippen MR) is 144 cm³/mol. The van der Waals surface area contributed by atoms with Crippen LogP contribution in [0.1, 0.15) is 31.2 Å². The number of nitrogens with zero attached hydrogens (tertiary/aromatic N) is 2. The van der Waals surface area contributed by atoms with E-state index in [9.17, 15) is 21.6 Å². The molecule has 12 heteroatoms. The Morgan fingerprint density at radius 2 is 1.62 bits per heavy atom. The molecule has 0 radical (unpaired) electrons. The molecule has 4 rings (SSSR count). The number of carbonyl (C=O) groups excluding carboxylic acids is 1. The average Bonchev–Trinajstić information content (AvgIpc) is 3.43. The Kier molecular flexibility index (Phi) is 9.28. The molecule has 0 aliphatic carbocycles. The van der Waals surface area contributed by atoms with E-state index in [1.165, 1.54) is 8.61 Å². The number of nitrogens with one attached hydrogen (secondary N) is 1. The lowest BCUT2D eigenvalue weighted by Gasteiger charge is -2.30. The zero-order valence-electron chi connectivity index (χ0n) is 20.5. The van der Waals surface area contributed by atoms with Gasteiger partial charge in [-0.2, -0.15) is 4.31 Å². The summed E-state index contributed by atoms with van der Waals surface area (Å²) in [6.07, 6.45) is 2.71. The molecule has 2 aliphatic heterocycles. The van der Waals surface area contributed by atoms with Crippen LogP contribution in [0.15, 0.2) is 57.9 Å². The van der Waals surface area contributed by atoms with E-state index in [1.54, 1.807) is 36.4 Å². The Labute approximate surface area is 227 Å². The van der Waals surface area contributed by atoms with Crippen molar-refractivity contribution in [2.45, 2.75) is 36.3 Å². The van der Waals surface area contributed by atoms with Gasteiger partial charge in [0.1, 0.15) is 12.4 Å². The second kappa shape index (κ2) is 12.2. The number of rotatable bonds is 10. The SMILES string of the molecule is O=C(NCCOc1ccc(S(=O)(=O)N2CCCC2)cc1)C1CCN(S(=O)(=O)Cc2cccc(Br)c2)CC1. The van der Waals surface area contributed by atoms with Crippen molar-refractivity contribution in [2.75, 3.05) is 39.3 Å². The molecule has 0 saturated carbocycles. The highest BCUT2D eigenvalue weighted by Gasteiger charge is 2.31. The molecule has 0 aromatic heterocycles. The molecule has 202 valence electrons. The average molecular weight is 615 g/mol. The molecule has 0 spiro atoms. The Morgan fingerprint density at radius 3 is 2.27 bits per heavy atom. The minimum atomic E-state index is -3.46. The summed E-state index contributed by atoms with van der Waals surface area (Å²) < 4.78 is 60.2. The van der Waals surface area contributed by atoms with Gasteiger partial charge in [-0.05, 0) is 67.6 Å². The second-order valence-electron chi connectivity index (χ2n) is 9.28. The molecular weight excluding hydrogens is 582 g/mol. The van der Waals surface area contributed by atoms with Crippen LogP contribution in [0.25, 0.3) is 0 Å². The van der Waals surface area contributed by atoms with Crippen LogP contribution in [-0.4, -0.2) is 70.7 Å². The summed E-state index contributed by atoms with van der Waals surface area (Å²) in [5.74, 6) is 0.108. The molecule has 0 atom stereocenters. The molecule has 37 heavy (non-hydrogen) atoms. The molecular formula is C25H32BrN3O6S2. The van der Waals surface area contributed by atoms with Gasteiger partial charge in [0.05, 0.1) is 17.2 Å². The van der Waals surface area contributed by atoms with Crippen LogP contribution in [0, 0.1) is 5.92 Å². The van der Waals surface area contributed by atoms with Gasteiger partial charge in [-0.25, -0.2) is 21.1 Å². The molecule has 2 heterocycles. The van der Waals surface area contributed by atoms with Crippen LogP contribution in [0.5, 0.6) is 5.75 Å². The van der Waals surface area contributed by atoms with Crippen LogP contribution < -0.4 is 10.1 Å². The van der Waals surface area contributed by atoms with E-state index in [0.29, 0.717) is 51.3 Å². The number of carbonyl (C=O) groups is 1. The summed E-state index contributed by atoms with van der Waals surface area (Å²) in [5, 5.41) is 2.86. The van der Waals surface area contributed by atoms with Gasteiger partial charge in [-0.15, -0.1) is 0 Å². The first kappa shape index (κ1) is 28.0. The third-order valence-corrected chi connectivity index (χ3v) is 10.9. The van der Waals surface area contributed by atoms with Crippen molar-refractivity contribution in [1.29, 1.82) is 0 Å². The van der Waals surface area contributed by atoms with Crippen LogP contribution in [0.2, 0.25) is 0 Å². The molecule has 2 fully saturated rings. The smallest absolute Gasteiger partial charge is 0.243 e. The lowest BCUT2D eigenvalue weighted by molar-refractivity contribution is -0.126. The Balaban J connectivity index is 1.18. The van der Waals surface area contributed by atoms with Crippen molar-refractivity contribution in [3.63, 3.8) is 0 Å². The van der Waals surface area contributed by atoms with Crippen LogP contribution in [0.3, 0.4) is 0 Å². The number of sulfonamides is 2. The maximum Gasteiger partial charge on any atom is 0.243 e. The van der Waals surface area contributed by atoms with E-state index in [2.05, 4.69) is 21.2 Å². The zero-order chi connectivity index (χ0) is 26.5. The van der Waals surface area contributed by atoms with Gasteiger partial charge < -0.3 is 10.1 Å². The standard InChI is InChI=1S/C25H32BrN3O6S2/c26-22-5-3-4-20(18-22)19-36(31,32)28-15-10-21(11-16-28)25(30)27-12-17-35-23-6-8-24(9-7-23)37(33,34)29-13-1-2-14-29/h3-9,18,21H,1-2,10-17,19H2,(H,27,30). The lowest BCUT2D eigenvalue weighted by atomic mass is 9.97. The van der Waals surface area contributed by atoms with Crippen molar-refractivity contribution in [3.05, 3.63) is 58.6 Å². The van der Waals surface area contributed by atoms with E-state index < -0.39 is 20.0 Å². The number of hydrogen-bond donors (Lipinski definition) is 1. The molecule has 2 aliphatic rings. The van der Waals surface area contributed by atoms with E-state index in [4.69, 9.17) is 4.74 Å². The molecule has 2 aromatic carbocycles. The van der Waals surface area contributed by atoms with E-state index in [1.807, 2.05) is 12.1 Å². The Morgan fingerprint density at radius 1 is 0.946 bits per heavy atom. The normalized spacial score (nSPS) is 18.1. The predicted octanol–water partition coefficient (Wildman–Crippen LogP) is 2.97. The van der Waals surface area contributed by atoms with Crippen molar-refractivity contribution in [2.24, 2.45) is 5.92 Å². The van der Waals surface area contributed by atoms with Gasteiger partial charge in [-0.3, -0.25) is 4.79 Å². The highest BCUT2D eigenvalue weighted by atomic mass is 79.9. The summed E-state index contributed by atoms with van der Waals surface area (Å²) in [6, 6.07) is 13.6. The van der Waals surface area contributed by atoms with Crippen molar-refractivity contribution in [3.8, 4) is 5.75 Å². The maximum atomic E-state index is 12.8. The first-order valence-electron chi connectivity index (χ1n) is 12.4. The van der Waals surface area contributed by atoms with Gasteiger partial charge in [-0.1, -0.05) is 28.1 Å². The first-order valence-corrected chi connectivity index (χ1v) is 16.2. The topological polar surface area (TPSA) is 113 Å². The minimum absolute atomic E-state index is 0.0637. The molecule has 1 amide bonds. The third kappa shape index (κ3) is 7.32. The second-order valence-corrected chi connectivity index (χ2v) is 14.1. The van der Waals surface area contributed by atoms with Crippen molar-refractivity contribution >= 4 is 41.9 Å². The van der Waals surface area contributed by atoms with Gasteiger partial charge in [0.15, 0.2) is 0 Å². The van der Waals surface area contributed by atoms with Crippen LogP contribution in [0.4, 0.5) is 0 Å². The van der Waals surface area contributed by atoms with Crippen molar-refractivity contribution < 1.29 is 26.4 Å². The zero-order valence-corrected chi connectivity index (χ0v) is 23.7. The molecule has 0 bridgehead atoms. The number of hydrogen-bond acceptors (Lipinski definition) is 6. The maximum absolute atomic E-state index is 12.8. The summed E-state index contributed by atoms with van der Waals surface area (Å²) in [4.78, 5) is 12.8. The van der Waals surface area contributed by atoms with Crippen LogP contribution in [-0.2, 0) is 30.6 Å². The fourth-order valence-corrected chi connectivity index (χ4v) is 8.11. The molecule has 1 N–H and O–H groups in total. The quantitative estimate of drug-likeness (QED) is 0.412. The van der Waals surface area contributed by atoms with Crippen molar-refractivity contribution in [1.82, 2.24) is 13.9 Å². The van der Waals surface area contributed by atoms with E-state index in [-0.39, 0.29) is 29.1 Å². The van der Waals surface area contributed by atoms with Gasteiger partial charge in [0, 0.05) is 36.6 Å². The number of piperidine rings is 1. The van der Waals surface area contributed by atoms with E-state index >= 15 is 0 Å². The molecule has 0 unspecified atom stereocenters. The van der Waals surface area contributed by atoms with E-state index in [0.717, 1.165) is 22.9 Å². The third-order valence-electron chi connectivity index (χ3n) is 6.65. The van der Waals surface area contributed by atoms with Gasteiger partial charge >= 0.3 is 0 Å². The number of halogens is 1. The first-order chi connectivity index (χ1) is 17.6. The minimum Gasteiger partial charge on any atom is -0.492 e. The lowest BCUT2D eigenvalue weighted by Crippen LogP contribution is -2.43. The molecule has 2 saturated heterocycles. The number of ether oxygens (including phenoxy) is 1. The highest BCUT2D eigenvalue weighted by molar-refractivity contribution is 9.10. The summed E-state index contributed by atoms with van der Waals surface area (Å²) >= 11 is 3.36. The Bertz CT molecular complexity index is 1290. The summed E-state index contributed by atoms with van der Waals surface area (Å²) in [5.41, 5.74) is 0.720. The summed E-state index contributed by atoms with van der Waals surface area (Å²) in [6.45, 7) is 2.29. The number of benzene rings is 2.